The van der Waals surface area contributed by atoms with Gasteiger partial charge in [-0.05, 0) is 41.5 Å². The largest absolute Gasteiger partial charge is 0.766 e. The molecule has 0 aliphatic carbocycles. The number of hydrogen-bond acceptors (Lipinski definition) is 3. The molecule has 0 bridgehead atoms. The maximum absolute atomic E-state index is 11.4. The minimum atomic E-state index is -3.94. The van der Waals surface area contributed by atoms with E-state index in [-0.39, 0.29) is 0 Å². The van der Waals surface area contributed by atoms with Crippen LogP contribution < -0.4 is 9.98 Å². The molecular weight excluding hydrogens is 189 g/mol. The minimum Gasteiger partial charge on any atom is -0.766 e. The molecule has 4 nitrogen and oxygen atoms in total. The summed E-state index contributed by atoms with van der Waals surface area (Å²) in [6.07, 6.45) is 0. The first-order valence-corrected chi connectivity index (χ1v) is 5.77. The third-order valence-electron chi connectivity index (χ3n) is 0.866. The van der Waals surface area contributed by atoms with Gasteiger partial charge in [0.2, 0.25) is 7.75 Å². The number of nitrogens with one attached hydrogen (secondary N) is 1. The summed E-state index contributed by atoms with van der Waals surface area (Å²) in [4.78, 5) is 11.4. The van der Waals surface area contributed by atoms with Crippen LogP contribution in [0.4, 0.5) is 0 Å². The van der Waals surface area contributed by atoms with Gasteiger partial charge in [-0.15, -0.1) is 0 Å². The van der Waals surface area contributed by atoms with Gasteiger partial charge in [0.15, 0.2) is 0 Å². The molecule has 0 rings (SSSR count). The van der Waals surface area contributed by atoms with Gasteiger partial charge in [-0.3, -0.25) is 9.65 Å². The first-order valence-electron chi connectivity index (χ1n) is 4.23. The van der Waals surface area contributed by atoms with Crippen LogP contribution in [0.2, 0.25) is 0 Å². The van der Waals surface area contributed by atoms with Crippen LogP contribution >= 0.6 is 7.75 Å². The van der Waals surface area contributed by atoms with Crippen molar-refractivity contribution in [1.82, 2.24) is 5.09 Å². The fourth-order valence-electron chi connectivity index (χ4n) is 0.794. The highest BCUT2D eigenvalue weighted by Gasteiger charge is 2.23. The van der Waals surface area contributed by atoms with Crippen molar-refractivity contribution >= 4 is 7.75 Å². The molecule has 1 unspecified atom stereocenters. The summed E-state index contributed by atoms with van der Waals surface area (Å²) >= 11 is 0. The fraction of sp³-hybridized carbons (Fsp3) is 1.00. The highest BCUT2D eigenvalue weighted by atomic mass is 31.2. The summed E-state index contributed by atoms with van der Waals surface area (Å²) < 4.78 is 16.2. The highest BCUT2D eigenvalue weighted by Crippen LogP contribution is 2.39. The van der Waals surface area contributed by atoms with Gasteiger partial charge in [0, 0.05) is 5.54 Å². The molecule has 0 aromatic heterocycles. The van der Waals surface area contributed by atoms with E-state index in [1.807, 2.05) is 0 Å². The van der Waals surface area contributed by atoms with E-state index in [9.17, 15) is 9.46 Å². The van der Waals surface area contributed by atoms with Crippen LogP contribution in [0.15, 0.2) is 0 Å². The van der Waals surface area contributed by atoms with Crippen molar-refractivity contribution < 1.29 is 14.0 Å². The summed E-state index contributed by atoms with van der Waals surface area (Å²) in [5.41, 5.74) is -1.18. The Labute approximate surface area is 80.3 Å². The number of rotatable bonds is 2. The summed E-state index contributed by atoms with van der Waals surface area (Å²) in [6, 6.07) is 0. The molecule has 0 spiro atoms. The zero-order valence-electron chi connectivity index (χ0n) is 9.17. The predicted octanol–water partition coefficient (Wildman–Crippen LogP) is 1.66. The van der Waals surface area contributed by atoms with Crippen LogP contribution in [-0.4, -0.2) is 11.1 Å². The molecule has 0 aliphatic heterocycles. The van der Waals surface area contributed by atoms with Gasteiger partial charge in [-0.25, -0.2) is 0 Å². The molecule has 0 saturated heterocycles. The maximum atomic E-state index is 11.4. The van der Waals surface area contributed by atoms with Gasteiger partial charge >= 0.3 is 0 Å². The zero-order chi connectivity index (χ0) is 10.9. The third-order valence-corrected chi connectivity index (χ3v) is 2.60. The Hall–Kier alpha value is 0.110. The molecule has 1 N–H and O–H groups in total. The standard InChI is InChI=1S/C8H20NO3P/c1-7(2,3)9-13(10,11)12-8(4,5)6/h1-6H3,(H2,9,10,11)/p-1. The molecular formula is C8H19NO3P-. The van der Waals surface area contributed by atoms with Crippen molar-refractivity contribution in [1.29, 1.82) is 0 Å². The van der Waals surface area contributed by atoms with Gasteiger partial charge in [-0.1, -0.05) is 0 Å². The normalized spacial score (nSPS) is 18.4. The Kier molecular flexibility index (Phi) is 3.73. The molecule has 80 valence electrons. The molecule has 1 atom stereocenters. The van der Waals surface area contributed by atoms with Crippen molar-refractivity contribution in [2.45, 2.75) is 52.7 Å². The van der Waals surface area contributed by atoms with E-state index in [4.69, 9.17) is 4.52 Å². The van der Waals surface area contributed by atoms with Crippen LogP contribution in [0.3, 0.4) is 0 Å². The monoisotopic (exact) mass is 208 g/mol. The maximum Gasteiger partial charge on any atom is 0.205 e. The Bertz CT molecular complexity index is 194. The van der Waals surface area contributed by atoms with Crippen molar-refractivity contribution in [3.63, 3.8) is 0 Å². The van der Waals surface area contributed by atoms with Crippen molar-refractivity contribution in [2.75, 3.05) is 0 Å². The quantitative estimate of drug-likeness (QED) is 0.701. The van der Waals surface area contributed by atoms with Crippen molar-refractivity contribution in [3.8, 4) is 0 Å². The van der Waals surface area contributed by atoms with Gasteiger partial charge in [0.25, 0.3) is 0 Å². The molecule has 0 aromatic carbocycles. The lowest BCUT2D eigenvalue weighted by atomic mass is 10.1. The van der Waals surface area contributed by atoms with Gasteiger partial charge in [0.1, 0.15) is 0 Å². The second-order valence-electron chi connectivity index (χ2n) is 5.06. The second kappa shape index (κ2) is 3.70. The Morgan fingerprint density at radius 1 is 1.15 bits per heavy atom. The van der Waals surface area contributed by atoms with E-state index < -0.39 is 18.9 Å². The molecule has 0 aliphatic rings. The molecule has 13 heavy (non-hydrogen) atoms. The average molecular weight is 208 g/mol. The lowest BCUT2D eigenvalue weighted by Gasteiger charge is -2.36. The molecule has 0 radical (unpaired) electrons. The fourth-order valence-corrected chi connectivity index (χ4v) is 2.38. The Morgan fingerprint density at radius 3 is 1.77 bits per heavy atom. The first kappa shape index (κ1) is 13.1. The second-order valence-corrected chi connectivity index (χ2v) is 6.46. The minimum absolute atomic E-state index is 0.497. The van der Waals surface area contributed by atoms with Crippen LogP contribution in [-0.2, 0) is 9.09 Å². The Balaban J connectivity index is 4.35. The molecule has 0 saturated carbocycles. The van der Waals surface area contributed by atoms with E-state index in [0.717, 1.165) is 0 Å². The topological polar surface area (TPSA) is 61.4 Å². The lowest BCUT2D eigenvalue weighted by molar-refractivity contribution is -0.211. The van der Waals surface area contributed by atoms with Gasteiger partial charge in [0.05, 0.1) is 5.60 Å². The lowest BCUT2D eigenvalue weighted by Crippen LogP contribution is -2.39. The molecule has 0 fully saturated rings. The van der Waals surface area contributed by atoms with Crippen LogP contribution in [0, 0.1) is 0 Å². The molecule has 0 aromatic rings. The molecule has 5 heteroatoms. The van der Waals surface area contributed by atoms with E-state index in [1.54, 1.807) is 41.5 Å². The first-order chi connectivity index (χ1) is 5.41. The highest BCUT2D eigenvalue weighted by molar-refractivity contribution is 7.49. The summed E-state index contributed by atoms with van der Waals surface area (Å²) in [6.45, 7) is 10.4. The Morgan fingerprint density at radius 2 is 1.54 bits per heavy atom. The average Bonchev–Trinajstić information content (AvgIpc) is 1.43. The van der Waals surface area contributed by atoms with Gasteiger partial charge in [-0.2, -0.15) is 0 Å². The smallest absolute Gasteiger partial charge is 0.205 e. The van der Waals surface area contributed by atoms with Gasteiger partial charge < -0.3 is 9.42 Å². The predicted molar refractivity (Wildman–Crippen MR) is 51.3 cm³/mol. The van der Waals surface area contributed by atoms with E-state index in [2.05, 4.69) is 5.09 Å². The third kappa shape index (κ3) is 8.44. The van der Waals surface area contributed by atoms with E-state index >= 15 is 0 Å². The summed E-state index contributed by atoms with van der Waals surface area (Å²) in [5.74, 6) is 0. The summed E-state index contributed by atoms with van der Waals surface area (Å²) in [5, 5.41) is 2.43. The van der Waals surface area contributed by atoms with Crippen molar-refractivity contribution in [3.05, 3.63) is 0 Å². The zero-order valence-corrected chi connectivity index (χ0v) is 10.1. The van der Waals surface area contributed by atoms with E-state index in [1.165, 1.54) is 0 Å². The van der Waals surface area contributed by atoms with Crippen LogP contribution in [0.1, 0.15) is 41.5 Å². The number of hydrogen-bond donors (Lipinski definition) is 1. The van der Waals surface area contributed by atoms with E-state index in [0.29, 0.717) is 0 Å². The molecule has 0 heterocycles. The van der Waals surface area contributed by atoms with Crippen molar-refractivity contribution in [2.24, 2.45) is 0 Å². The summed E-state index contributed by atoms with van der Waals surface area (Å²) in [7, 11) is -3.94. The SMILES string of the molecule is CC(C)(C)NP(=O)([O-])OC(C)(C)C. The molecule has 0 amide bonds. The van der Waals surface area contributed by atoms with Crippen LogP contribution in [0.5, 0.6) is 0 Å². The van der Waals surface area contributed by atoms with Crippen LogP contribution in [0.25, 0.3) is 0 Å².